The number of anilines is 1. The molecule has 2 aliphatic rings. The molecule has 164 valence electrons. The fraction of sp³-hybridized carbons (Fsp3) is 0.435. The highest BCUT2D eigenvalue weighted by atomic mass is 32.2. The second-order valence-electron chi connectivity index (χ2n) is 8.06. The van der Waals surface area contributed by atoms with E-state index >= 15 is 0 Å². The van der Waals surface area contributed by atoms with Crippen LogP contribution in [0.2, 0.25) is 0 Å². The fourth-order valence-corrected chi connectivity index (χ4v) is 5.15. The number of thioether (sulfide) groups is 1. The lowest BCUT2D eigenvalue weighted by atomic mass is 10.2. The molecule has 0 aliphatic carbocycles. The van der Waals surface area contributed by atoms with Crippen molar-refractivity contribution in [1.82, 2.24) is 15.2 Å². The highest BCUT2D eigenvalue weighted by molar-refractivity contribution is 7.99. The highest BCUT2D eigenvalue weighted by Crippen LogP contribution is 2.24. The Hall–Kier alpha value is -2.58. The lowest BCUT2D eigenvalue weighted by molar-refractivity contribution is -0.124. The molecule has 2 aromatic rings. The van der Waals surface area contributed by atoms with Gasteiger partial charge in [-0.1, -0.05) is 30.3 Å². The molecular formula is C23H28N4O3S. The normalized spacial score (nSPS) is 23.6. The van der Waals surface area contributed by atoms with E-state index in [4.69, 9.17) is 4.74 Å². The SMILES string of the molecule is C[C@@H]1CN(c2ccc(C(=O)N3CSC[C@H]3C(=O)NCc3ccccc3)cn2)C[C@@H](C)O1. The molecule has 0 bridgehead atoms. The Morgan fingerprint density at radius 1 is 1.13 bits per heavy atom. The number of nitrogens with zero attached hydrogens (tertiary/aromatic N) is 3. The number of carbonyl (C=O) groups is 2. The topological polar surface area (TPSA) is 74.8 Å². The number of nitrogens with one attached hydrogen (secondary N) is 1. The van der Waals surface area contributed by atoms with Crippen LogP contribution in [0.4, 0.5) is 5.82 Å². The third kappa shape index (κ3) is 5.19. The van der Waals surface area contributed by atoms with Gasteiger partial charge in [-0.3, -0.25) is 9.59 Å². The van der Waals surface area contributed by atoms with E-state index < -0.39 is 6.04 Å². The van der Waals surface area contributed by atoms with Crippen LogP contribution in [-0.4, -0.2) is 64.7 Å². The number of amides is 2. The fourth-order valence-electron chi connectivity index (χ4n) is 3.99. The van der Waals surface area contributed by atoms with Gasteiger partial charge >= 0.3 is 0 Å². The zero-order chi connectivity index (χ0) is 21.8. The van der Waals surface area contributed by atoms with Crippen molar-refractivity contribution in [2.75, 3.05) is 29.6 Å². The van der Waals surface area contributed by atoms with Gasteiger partial charge in [-0.25, -0.2) is 4.98 Å². The first-order valence-electron chi connectivity index (χ1n) is 10.6. The molecule has 2 aliphatic heterocycles. The molecule has 1 aromatic carbocycles. The summed E-state index contributed by atoms with van der Waals surface area (Å²) in [6.45, 7) is 6.10. The molecule has 1 aromatic heterocycles. The summed E-state index contributed by atoms with van der Waals surface area (Å²) in [5.41, 5.74) is 1.53. The van der Waals surface area contributed by atoms with Gasteiger partial charge < -0.3 is 19.9 Å². The van der Waals surface area contributed by atoms with Crippen LogP contribution >= 0.6 is 11.8 Å². The minimum atomic E-state index is -0.471. The van der Waals surface area contributed by atoms with Gasteiger partial charge in [0.25, 0.3) is 5.91 Å². The van der Waals surface area contributed by atoms with Gasteiger partial charge in [0.05, 0.1) is 23.6 Å². The predicted molar refractivity (Wildman–Crippen MR) is 122 cm³/mol. The van der Waals surface area contributed by atoms with Gasteiger partial charge in [0.1, 0.15) is 11.9 Å². The summed E-state index contributed by atoms with van der Waals surface area (Å²) in [5, 5.41) is 2.96. The molecule has 0 unspecified atom stereocenters. The third-order valence-electron chi connectivity index (χ3n) is 5.49. The standard InChI is InChI=1S/C23H28N4O3S/c1-16-12-26(13-17(2)30-16)21-9-8-19(11-24-21)23(29)27-15-31-14-20(27)22(28)25-10-18-6-4-3-5-7-18/h3-9,11,16-17,20H,10,12-15H2,1-2H3,(H,25,28)/t16-,17-,20+/m1/s1. The first-order valence-corrected chi connectivity index (χ1v) is 11.7. The minimum Gasteiger partial charge on any atom is -0.372 e. The molecule has 3 heterocycles. The van der Waals surface area contributed by atoms with Crippen LogP contribution in [0.1, 0.15) is 29.8 Å². The number of hydrogen-bond acceptors (Lipinski definition) is 6. The van der Waals surface area contributed by atoms with Crippen LogP contribution in [0, 0.1) is 0 Å². The van der Waals surface area contributed by atoms with Crippen molar-refractivity contribution in [2.45, 2.75) is 38.6 Å². The smallest absolute Gasteiger partial charge is 0.256 e. The maximum atomic E-state index is 13.1. The molecule has 1 N–H and O–H groups in total. The van der Waals surface area contributed by atoms with E-state index in [0.717, 1.165) is 24.5 Å². The molecule has 2 amide bonds. The van der Waals surface area contributed by atoms with Crippen molar-refractivity contribution in [3.05, 3.63) is 59.8 Å². The van der Waals surface area contributed by atoms with Crippen molar-refractivity contribution in [2.24, 2.45) is 0 Å². The second-order valence-corrected chi connectivity index (χ2v) is 9.06. The van der Waals surface area contributed by atoms with Crippen molar-refractivity contribution >= 4 is 29.4 Å². The summed E-state index contributed by atoms with van der Waals surface area (Å²) in [4.78, 5) is 34.2. The molecule has 2 saturated heterocycles. The number of morpholine rings is 1. The van der Waals surface area contributed by atoms with E-state index in [-0.39, 0.29) is 24.0 Å². The molecule has 31 heavy (non-hydrogen) atoms. The second kappa shape index (κ2) is 9.70. The molecule has 0 radical (unpaired) electrons. The number of aromatic nitrogens is 1. The van der Waals surface area contributed by atoms with Crippen LogP contribution in [-0.2, 0) is 16.1 Å². The molecule has 7 nitrogen and oxygen atoms in total. The van der Waals surface area contributed by atoms with Gasteiger partial charge in [0.15, 0.2) is 0 Å². The first-order chi connectivity index (χ1) is 15.0. The van der Waals surface area contributed by atoms with Crippen molar-refractivity contribution < 1.29 is 14.3 Å². The summed E-state index contributed by atoms with van der Waals surface area (Å²) >= 11 is 1.59. The molecule has 4 rings (SSSR count). The monoisotopic (exact) mass is 440 g/mol. The zero-order valence-electron chi connectivity index (χ0n) is 17.9. The summed E-state index contributed by atoms with van der Waals surface area (Å²) in [5.74, 6) is 1.66. The maximum Gasteiger partial charge on any atom is 0.256 e. The Balaban J connectivity index is 1.39. The number of benzene rings is 1. The number of pyridine rings is 1. The van der Waals surface area contributed by atoms with Gasteiger partial charge in [0.2, 0.25) is 5.91 Å². The van der Waals surface area contributed by atoms with Crippen LogP contribution < -0.4 is 10.2 Å². The largest absolute Gasteiger partial charge is 0.372 e. The first kappa shape index (κ1) is 21.6. The van der Waals surface area contributed by atoms with Crippen molar-refractivity contribution in [1.29, 1.82) is 0 Å². The predicted octanol–water partition coefficient (Wildman–Crippen LogP) is 2.53. The number of hydrogen-bond donors (Lipinski definition) is 1. The van der Waals surface area contributed by atoms with E-state index in [2.05, 4.69) is 29.0 Å². The van der Waals surface area contributed by atoms with E-state index in [1.54, 1.807) is 28.9 Å². The van der Waals surface area contributed by atoms with E-state index in [1.165, 1.54) is 0 Å². The van der Waals surface area contributed by atoms with E-state index in [0.29, 0.717) is 23.7 Å². The summed E-state index contributed by atoms with van der Waals surface area (Å²) < 4.78 is 5.78. The van der Waals surface area contributed by atoms with E-state index in [9.17, 15) is 9.59 Å². The lowest BCUT2D eigenvalue weighted by Crippen LogP contribution is -2.47. The summed E-state index contributed by atoms with van der Waals surface area (Å²) in [7, 11) is 0. The highest BCUT2D eigenvalue weighted by Gasteiger charge is 2.35. The Morgan fingerprint density at radius 2 is 1.87 bits per heavy atom. The molecule has 0 saturated carbocycles. The minimum absolute atomic E-state index is 0.122. The molecule has 3 atom stereocenters. The molecule has 2 fully saturated rings. The Bertz CT molecular complexity index is 899. The summed E-state index contributed by atoms with van der Waals surface area (Å²) in [6.07, 6.45) is 1.90. The van der Waals surface area contributed by atoms with Crippen LogP contribution in [0.5, 0.6) is 0 Å². The molecule has 0 spiro atoms. The Morgan fingerprint density at radius 3 is 2.55 bits per heavy atom. The van der Waals surface area contributed by atoms with Crippen LogP contribution in [0.3, 0.4) is 0 Å². The van der Waals surface area contributed by atoms with Crippen LogP contribution in [0.25, 0.3) is 0 Å². The molecule has 8 heteroatoms. The van der Waals surface area contributed by atoms with Crippen molar-refractivity contribution in [3.8, 4) is 0 Å². The zero-order valence-corrected chi connectivity index (χ0v) is 18.7. The quantitative estimate of drug-likeness (QED) is 0.770. The molecular weight excluding hydrogens is 412 g/mol. The number of carbonyl (C=O) groups excluding carboxylic acids is 2. The number of rotatable bonds is 5. The third-order valence-corrected chi connectivity index (χ3v) is 6.51. The Kier molecular flexibility index (Phi) is 6.77. The Labute approximate surface area is 187 Å². The van der Waals surface area contributed by atoms with Crippen LogP contribution in [0.15, 0.2) is 48.7 Å². The van der Waals surface area contributed by atoms with Crippen molar-refractivity contribution in [3.63, 3.8) is 0 Å². The van der Waals surface area contributed by atoms with Gasteiger partial charge in [-0.15, -0.1) is 11.8 Å². The average molecular weight is 441 g/mol. The van der Waals surface area contributed by atoms with Gasteiger partial charge in [0, 0.05) is 31.6 Å². The lowest BCUT2D eigenvalue weighted by Gasteiger charge is -2.36. The average Bonchev–Trinajstić information content (AvgIpc) is 3.27. The summed E-state index contributed by atoms with van der Waals surface area (Å²) in [6, 6.07) is 13.0. The van der Waals surface area contributed by atoms with E-state index in [1.807, 2.05) is 36.4 Å². The van der Waals surface area contributed by atoms with Gasteiger partial charge in [-0.2, -0.15) is 0 Å². The van der Waals surface area contributed by atoms with Gasteiger partial charge in [-0.05, 0) is 31.5 Å². The number of ether oxygens (including phenoxy) is 1. The maximum absolute atomic E-state index is 13.1.